The zero-order chi connectivity index (χ0) is 66.2. The molecule has 0 saturated carbocycles. The number of aliphatic hydroxyl groups excluding tert-OH is 1. The number of aliphatic carboxylic acids is 1. The Hall–Kier alpha value is -8.54. The first-order valence-corrected chi connectivity index (χ1v) is 29.6. The molecule has 0 aromatic carbocycles. The molecular weight excluding hydrogens is 1100 g/mol. The molecule has 1 atom stereocenters. The maximum absolute atomic E-state index is 11.6. The first-order chi connectivity index (χ1) is 40.7. The van der Waals surface area contributed by atoms with E-state index in [1.54, 1.807) is 35.5 Å². The fourth-order valence-electron chi connectivity index (χ4n) is 8.72. The van der Waals surface area contributed by atoms with Crippen LogP contribution in [0.15, 0.2) is 189 Å². The summed E-state index contributed by atoms with van der Waals surface area (Å²) in [5, 5.41) is 27.2. The van der Waals surface area contributed by atoms with Gasteiger partial charge in [-0.1, -0.05) is 154 Å². The van der Waals surface area contributed by atoms with Crippen molar-refractivity contribution in [3.05, 3.63) is 202 Å². The Kier molecular flexibility index (Phi) is 34.5. The van der Waals surface area contributed by atoms with E-state index in [0.29, 0.717) is 42.6 Å². The number of hydrogen-bond acceptors (Lipinski definition) is 14. The average molecular weight is 1200 g/mol. The summed E-state index contributed by atoms with van der Waals surface area (Å²) >= 11 is 0. The molecule has 5 aliphatic rings. The van der Waals surface area contributed by atoms with E-state index in [9.17, 15) is 28.8 Å². The number of pyridine rings is 2. The number of methoxy groups -OCH3 is 1. The molecule has 7 rings (SSSR count). The van der Waals surface area contributed by atoms with Gasteiger partial charge in [-0.15, -0.1) is 0 Å². The lowest BCUT2D eigenvalue weighted by molar-refractivity contribution is -0.141. The standard InChI is InChI=1S/C12H17NO2.C11H19NO2.C11H15NO2.C10H13NO3.C9H13N.2C8H12N2/c1-9(2)11-7-5-6-10(3)13(11)8-12(14)15-4;2*1-8(2)10-5-4-6-11(14)12(10)7-9(3)13;1-7(2)8-4-3-5-9(12)11(8)6-10(13)14;1-7(2)9-6-4-5-8(3)10-9;1-6(2)8-5-9-4-7(3)10-8;1-6(2)8-4-5-9-7(3)10-8/h5-7,9H,3,8H2,1-2,4H3;8,10,13H,3-7H2,1-2H3;4-6,8H,7H2,1-3H3;3-5,7H,6H2,1-2H3,(H,13,14);4-7,10H,3H2,1-2H3;2*4-6,10H,3H2,1-2H3. The molecule has 0 spiro atoms. The zero-order valence-electron chi connectivity index (χ0n) is 54.8. The number of allylic oxidation sites excluding steroid dienone is 12. The molecule has 5 N–H and O–H groups in total. The van der Waals surface area contributed by atoms with Gasteiger partial charge in [0.25, 0.3) is 11.1 Å². The SMILES string of the molecule is C=C(O)CN1C(=O)CCCC1C(C)C.C=C1C=CC=C(C(C)C)N1.C=C1C=CC=C(C(C)C)N1CC(=O)OC.C=C1C=NC=C(C(C)C)N1.C=C1N=CC=C(C(C)C)N1.CC(=O)Cn1c(C(C)C)cccc1=O.CC(C)c1cccc(=O)n1CC(=O)O. The van der Waals surface area contributed by atoms with Crippen LogP contribution in [0.25, 0.3) is 0 Å². The van der Waals surface area contributed by atoms with E-state index in [1.165, 1.54) is 46.7 Å². The van der Waals surface area contributed by atoms with E-state index in [0.717, 1.165) is 58.5 Å². The number of rotatable bonds is 15. The molecule has 2 aromatic rings. The summed E-state index contributed by atoms with van der Waals surface area (Å²) in [6.45, 7) is 49.6. The highest BCUT2D eigenvalue weighted by Gasteiger charge is 2.30. The molecule has 5 aliphatic heterocycles. The summed E-state index contributed by atoms with van der Waals surface area (Å²) in [7, 11) is 1.39. The Morgan fingerprint density at radius 2 is 1.18 bits per heavy atom. The first-order valence-electron chi connectivity index (χ1n) is 29.6. The van der Waals surface area contributed by atoms with E-state index < -0.39 is 5.97 Å². The summed E-state index contributed by atoms with van der Waals surface area (Å²) in [5.74, 6) is 2.46. The first kappa shape index (κ1) is 76.5. The van der Waals surface area contributed by atoms with Crippen LogP contribution >= 0.6 is 0 Å². The quantitative estimate of drug-likeness (QED) is 0.0827. The van der Waals surface area contributed by atoms with Crippen LogP contribution < -0.4 is 27.1 Å². The number of carbonyl (C=O) groups is 4. The van der Waals surface area contributed by atoms with Crippen LogP contribution in [0.4, 0.5) is 0 Å². The third-order valence-electron chi connectivity index (χ3n) is 13.3. The van der Waals surface area contributed by atoms with Crippen LogP contribution in [-0.4, -0.2) is 91.4 Å². The number of aromatic nitrogens is 2. The molecule has 18 heteroatoms. The molecule has 1 fully saturated rings. The predicted octanol–water partition coefficient (Wildman–Crippen LogP) is 12.3. The number of nitrogens with zero attached hydrogens (tertiary/aromatic N) is 6. The number of amides is 1. The molecule has 18 nitrogen and oxygen atoms in total. The molecule has 2 aromatic heterocycles. The molecule has 1 unspecified atom stereocenters. The summed E-state index contributed by atoms with van der Waals surface area (Å²) < 4.78 is 7.48. The summed E-state index contributed by atoms with van der Waals surface area (Å²) in [6, 6.07) is 10.2. The Morgan fingerprint density at radius 1 is 0.655 bits per heavy atom. The summed E-state index contributed by atoms with van der Waals surface area (Å²) in [4.78, 5) is 78.9. The number of ether oxygens (including phenoxy) is 1. The number of aliphatic hydroxyl groups is 1. The van der Waals surface area contributed by atoms with Gasteiger partial charge in [0.2, 0.25) is 5.91 Å². The predicted molar refractivity (Wildman–Crippen MR) is 355 cm³/mol. The number of dihydropyridines is 1. The second-order valence-corrected chi connectivity index (χ2v) is 23.3. The fraction of sp³-hybridized carbons (Fsp3) is 0.449. The van der Waals surface area contributed by atoms with E-state index in [4.69, 9.17) is 10.2 Å². The number of hydrogen-bond donors (Lipinski definition) is 5. The minimum Gasteiger partial charge on any atom is -0.511 e. The number of carboxylic acid groups (broad SMARTS) is 1. The zero-order valence-corrected chi connectivity index (χ0v) is 54.8. The van der Waals surface area contributed by atoms with Crippen molar-refractivity contribution in [1.29, 1.82) is 0 Å². The number of Topliss-reactive ketones (excluding diaryl/α,β-unsaturated/α-hetero) is 1. The lowest BCUT2D eigenvalue weighted by atomic mass is 9.92. The third kappa shape index (κ3) is 28.9. The molecule has 0 radical (unpaired) electrons. The number of likely N-dealkylation sites (tertiary alicyclic amines) is 1. The van der Waals surface area contributed by atoms with E-state index >= 15 is 0 Å². The summed E-state index contributed by atoms with van der Waals surface area (Å²) in [5.41, 5.74) is 8.61. The third-order valence-corrected chi connectivity index (χ3v) is 13.3. The second kappa shape index (κ2) is 39.2. The van der Waals surface area contributed by atoms with Gasteiger partial charge in [-0.3, -0.25) is 33.8 Å². The minimum absolute atomic E-state index is 0.000185. The van der Waals surface area contributed by atoms with Crippen molar-refractivity contribution in [3.8, 4) is 0 Å². The Morgan fingerprint density at radius 3 is 1.60 bits per heavy atom. The van der Waals surface area contributed by atoms with Crippen LogP contribution in [0, 0.1) is 29.6 Å². The van der Waals surface area contributed by atoms with Crippen LogP contribution in [-0.2, 0) is 37.0 Å². The molecule has 0 bridgehead atoms. The summed E-state index contributed by atoms with van der Waals surface area (Å²) in [6.07, 6.45) is 21.8. The highest BCUT2D eigenvalue weighted by Crippen LogP contribution is 2.26. The van der Waals surface area contributed by atoms with Crippen molar-refractivity contribution < 1.29 is 34.1 Å². The van der Waals surface area contributed by atoms with Gasteiger partial charge in [-0.25, -0.2) is 4.99 Å². The van der Waals surface area contributed by atoms with Crippen molar-refractivity contribution in [2.45, 2.75) is 154 Å². The van der Waals surface area contributed by atoms with Gasteiger partial charge in [0.15, 0.2) is 0 Å². The van der Waals surface area contributed by atoms with Crippen molar-refractivity contribution in [1.82, 2.24) is 34.9 Å². The van der Waals surface area contributed by atoms with Crippen molar-refractivity contribution in [2.75, 3.05) is 20.2 Å². The fourth-order valence-corrected chi connectivity index (χ4v) is 8.72. The van der Waals surface area contributed by atoms with Gasteiger partial charge in [-0.2, -0.15) is 0 Å². The van der Waals surface area contributed by atoms with Crippen molar-refractivity contribution in [2.24, 2.45) is 39.6 Å². The van der Waals surface area contributed by atoms with Crippen molar-refractivity contribution >= 4 is 36.1 Å². The molecule has 7 heterocycles. The number of ketones is 1. The lowest BCUT2D eigenvalue weighted by Gasteiger charge is -2.37. The number of nitrogens with one attached hydrogen (secondary N) is 3. The van der Waals surface area contributed by atoms with E-state index in [2.05, 4.69) is 139 Å². The van der Waals surface area contributed by atoms with Crippen LogP contribution in [0.2, 0.25) is 0 Å². The Labute approximate surface area is 518 Å². The van der Waals surface area contributed by atoms with Gasteiger partial charge in [0, 0.05) is 94.5 Å². The number of carbonyl (C=O) groups excluding carboxylic acids is 3. The minimum atomic E-state index is -1.000. The molecule has 87 heavy (non-hydrogen) atoms. The smallest absolute Gasteiger partial charge is 0.325 e. The lowest BCUT2D eigenvalue weighted by Crippen LogP contribution is -2.47. The number of esters is 1. The number of aliphatic imine (C=N–C) groups is 2. The maximum Gasteiger partial charge on any atom is 0.325 e. The number of carboxylic acids is 1. The monoisotopic (exact) mass is 1200 g/mol. The largest absolute Gasteiger partial charge is 0.511 e. The van der Waals surface area contributed by atoms with Crippen LogP contribution in [0.1, 0.15) is 146 Å². The molecule has 1 saturated heterocycles. The normalized spacial score (nSPS) is 15.7. The average Bonchev–Trinajstić information content (AvgIpc) is 3.64. The van der Waals surface area contributed by atoms with Crippen LogP contribution in [0.3, 0.4) is 0 Å². The van der Waals surface area contributed by atoms with E-state index in [-0.39, 0.29) is 72.0 Å². The maximum atomic E-state index is 11.6. The molecule has 0 aliphatic carbocycles. The van der Waals surface area contributed by atoms with E-state index in [1.807, 2.05) is 81.3 Å². The van der Waals surface area contributed by atoms with Gasteiger partial charge in [0.05, 0.1) is 20.2 Å². The molecular formula is C69H101N9O9. The number of piperidine rings is 1. The highest BCUT2D eigenvalue weighted by molar-refractivity contribution is 5.79. The van der Waals surface area contributed by atoms with Gasteiger partial charge in [0.1, 0.15) is 30.5 Å². The Balaban J connectivity index is 0.000000510. The topological polar surface area (TPSA) is 229 Å². The highest BCUT2D eigenvalue weighted by atomic mass is 16.5. The van der Waals surface area contributed by atoms with Gasteiger partial charge < -0.3 is 49.8 Å². The Bertz CT molecular complexity index is 2890. The van der Waals surface area contributed by atoms with Crippen molar-refractivity contribution in [3.63, 3.8) is 0 Å². The van der Waals surface area contributed by atoms with Crippen LogP contribution in [0.5, 0.6) is 0 Å². The second-order valence-electron chi connectivity index (χ2n) is 23.3. The molecule has 476 valence electrons. The molecule has 1 amide bonds. The van der Waals surface area contributed by atoms with Gasteiger partial charge >= 0.3 is 11.9 Å². The van der Waals surface area contributed by atoms with Gasteiger partial charge in [-0.05, 0) is 104 Å².